The number of aromatic nitrogens is 1. The number of benzene rings is 2. The normalized spacial score (nSPS) is 22.6. The minimum atomic E-state index is 0.285. The number of hydrogen-bond donors (Lipinski definition) is 0. The molecule has 0 bridgehead atoms. The first kappa shape index (κ1) is 17.4. The summed E-state index contributed by atoms with van der Waals surface area (Å²) >= 11 is 0. The van der Waals surface area contributed by atoms with Crippen LogP contribution in [0.25, 0.3) is 38.3 Å². The van der Waals surface area contributed by atoms with Gasteiger partial charge in [0.05, 0.1) is 11.6 Å². The van der Waals surface area contributed by atoms with Crippen LogP contribution in [0, 0.1) is 5.92 Å². The lowest BCUT2D eigenvalue weighted by atomic mass is 9.83. The van der Waals surface area contributed by atoms with Gasteiger partial charge in [-0.05, 0) is 48.5 Å². The van der Waals surface area contributed by atoms with E-state index in [0.717, 1.165) is 31.3 Å². The molecule has 2 unspecified atom stereocenters. The van der Waals surface area contributed by atoms with Crippen LogP contribution in [0.15, 0.2) is 82.8 Å². The van der Waals surface area contributed by atoms with E-state index in [1.807, 2.05) is 0 Å². The number of nitrogens with zero attached hydrogens (tertiary/aromatic N) is 1. The van der Waals surface area contributed by atoms with Crippen molar-refractivity contribution < 1.29 is 4.42 Å². The first-order valence-corrected chi connectivity index (χ1v) is 11.5. The third-order valence-electron chi connectivity index (χ3n) is 7.46. The second-order valence-electron chi connectivity index (χ2n) is 9.19. The Morgan fingerprint density at radius 1 is 0.903 bits per heavy atom. The molecular formula is C29H25NO. The zero-order valence-corrected chi connectivity index (χ0v) is 17.8. The van der Waals surface area contributed by atoms with Crippen LogP contribution in [0.2, 0.25) is 0 Å². The van der Waals surface area contributed by atoms with Crippen LogP contribution in [0.1, 0.15) is 43.6 Å². The summed E-state index contributed by atoms with van der Waals surface area (Å²) in [7, 11) is 0. The van der Waals surface area contributed by atoms with Gasteiger partial charge in [0, 0.05) is 33.7 Å². The maximum atomic E-state index is 6.73. The summed E-state index contributed by atoms with van der Waals surface area (Å²) in [5, 5.41) is 3.89. The SMILES string of the molecule is CC1C=CC=CC1n1c2ccccc2c2ccc3c4c(oc3c21)CCC1=C4CCC=C1. The van der Waals surface area contributed by atoms with Crippen LogP contribution in [0.3, 0.4) is 0 Å². The smallest absolute Gasteiger partial charge is 0.159 e. The fourth-order valence-corrected chi connectivity index (χ4v) is 6.01. The van der Waals surface area contributed by atoms with Crippen molar-refractivity contribution >= 4 is 38.3 Å². The third kappa shape index (κ3) is 2.33. The van der Waals surface area contributed by atoms with Gasteiger partial charge in [-0.3, -0.25) is 0 Å². The van der Waals surface area contributed by atoms with E-state index in [2.05, 4.69) is 84.3 Å². The van der Waals surface area contributed by atoms with Gasteiger partial charge in [0.2, 0.25) is 0 Å². The minimum Gasteiger partial charge on any atom is -0.458 e. The van der Waals surface area contributed by atoms with E-state index in [9.17, 15) is 0 Å². The van der Waals surface area contributed by atoms with Gasteiger partial charge >= 0.3 is 0 Å². The number of aryl methyl sites for hydroxylation is 1. The number of allylic oxidation sites excluding steroid dienone is 8. The molecule has 31 heavy (non-hydrogen) atoms. The molecule has 3 aliphatic carbocycles. The number of rotatable bonds is 1. The quantitative estimate of drug-likeness (QED) is 0.316. The largest absolute Gasteiger partial charge is 0.458 e. The monoisotopic (exact) mass is 403 g/mol. The Morgan fingerprint density at radius 2 is 1.77 bits per heavy atom. The highest BCUT2D eigenvalue weighted by Gasteiger charge is 2.29. The lowest BCUT2D eigenvalue weighted by Gasteiger charge is -2.24. The molecule has 152 valence electrons. The lowest BCUT2D eigenvalue weighted by molar-refractivity contribution is 0.505. The van der Waals surface area contributed by atoms with Gasteiger partial charge in [-0.1, -0.05) is 67.6 Å². The number of para-hydroxylation sites is 1. The van der Waals surface area contributed by atoms with Gasteiger partial charge in [0.1, 0.15) is 5.76 Å². The molecule has 0 fully saturated rings. The molecule has 0 amide bonds. The molecule has 0 N–H and O–H groups in total. The van der Waals surface area contributed by atoms with Gasteiger partial charge < -0.3 is 8.98 Å². The molecule has 2 aromatic carbocycles. The summed E-state index contributed by atoms with van der Waals surface area (Å²) in [6.45, 7) is 2.31. The van der Waals surface area contributed by atoms with Crippen molar-refractivity contribution in [2.24, 2.45) is 5.92 Å². The fraction of sp³-hybridized carbons (Fsp3) is 0.241. The van der Waals surface area contributed by atoms with Crippen molar-refractivity contribution in [3.05, 3.63) is 89.8 Å². The first-order chi connectivity index (χ1) is 15.3. The molecule has 2 heteroatoms. The first-order valence-electron chi connectivity index (χ1n) is 11.5. The van der Waals surface area contributed by atoms with Gasteiger partial charge in [-0.25, -0.2) is 0 Å². The predicted molar refractivity (Wildman–Crippen MR) is 129 cm³/mol. The Balaban J connectivity index is 1.62. The summed E-state index contributed by atoms with van der Waals surface area (Å²) in [4.78, 5) is 0. The average molecular weight is 404 g/mol. The highest BCUT2D eigenvalue weighted by Crippen LogP contribution is 2.46. The maximum absolute atomic E-state index is 6.73. The highest BCUT2D eigenvalue weighted by atomic mass is 16.3. The Hall–Kier alpha value is -3.26. The van der Waals surface area contributed by atoms with Crippen molar-refractivity contribution in [1.29, 1.82) is 0 Å². The minimum absolute atomic E-state index is 0.285. The van der Waals surface area contributed by atoms with Gasteiger partial charge in [-0.2, -0.15) is 0 Å². The van der Waals surface area contributed by atoms with E-state index in [1.165, 1.54) is 49.7 Å². The van der Waals surface area contributed by atoms with E-state index in [-0.39, 0.29) is 6.04 Å². The molecule has 0 radical (unpaired) electrons. The summed E-state index contributed by atoms with van der Waals surface area (Å²) in [6, 6.07) is 13.7. The Morgan fingerprint density at radius 3 is 2.71 bits per heavy atom. The summed E-state index contributed by atoms with van der Waals surface area (Å²) < 4.78 is 9.26. The molecule has 0 saturated carbocycles. The summed E-state index contributed by atoms with van der Waals surface area (Å²) in [6.07, 6.45) is 18.0. The lowest BCUT2D eigenvalue weighted by Crippen LogP contribution is -2.15. The average Bonchev–Trinajstić information content (AvgIpc) is 3.35. The van der Waals surface area contributed by atoms with E-state index >= 15 is 0 Å². The van der Waals surface area contributed by atoms with E-state index < -0.39 is 0 Å². The molecule has 0 aliphatic heterocycles. The van der Waals surface area contributed by atoms with E-state index in [1.54, 1.807) is 0 Å². The second-order valence-corrected chi connectivity index (χ2v) is 9.19. The standard InChI is InChI=1S/C29H25NO/c1-18-8-2-6-12-24(18)30-25-13-7-5-11-21(25)22-15-16-23-27-20-10-4-3-9-19(20)14-17-26(27)31-29(23)28(22)30/h2-3,5-9,11-13,15-16,18,24H,4,10,14,17H2,1H3. The van der Waals surface area contributed by atoms with Crippen LogP contribution in [0.4, 0.5) is 0 Å². The highest BCUT2D eigenvalue weighted by molar-refractivity contribution is 6.18. The van der Waals surface area contributed by atoms with Crippen molar-refractivity contribution in [3.8, 4) is 0 Å². The Bertz CT molecular complexity index is 1500. The Labute approximate surface area is 181 Å². The van der Waals surface area contributed by atoms with Crippen molar-refractivity contribution in [1.82, 2.24) is 4.57 Å². The second kappa shape index (κ2) is 6.37. The van der Waals surface area contributed by atoms with E-state index in [0.29, 0.717) is 5.92 Å². The molecule has 2 nitrogen and oxygen atoms in total. The third-order valence-corrected chi connectivity index (χ3v) is 7.46. The predicted octanol–water partition coefficient (Wildman–Crippen LogP) is 7.89. The number of fused-ring (bicyclic) bond motifs is 8. The van der Waals surface area contributed by atoms with Crippen LogP contribution < -0.4 is 0 Å². The van der Waals surface area contributed by atoms with Gasteiger partial charge in [0.25, 0.3) is 0 Å². The van der Waals surface area contributed by atoms with Crippen LogP contribution in [-0.4, -0.2) is 4.57 Å². The maximum Gasteiger partial charge on any atom is 0.159 e. The van der Waals surface area contributed by atoms with Crippen LogP contribution >= 0.6 is 0 Å². The number of hydrogen-bond acceptors (Lipinski definition) is 1. The topological polar surface area (TPSA) is 18.1 Å². The molecule has 4 aromatic rings. The zero-order chi connectivity index (χ0) is 20.5. The Kier molecular flexibility index (Phi) is 3.58. The number of furan rings is 1. The molecule has 0 saturated heterocycles. The van der Waals surface area contributed by atoms with Crippen LogP contribution in [0.5, 0.6) is 0 Å². The van der Waals surface area contributed by atoms with Gasteiger partial charge in [-0.15, -0.1) is 0 Å². The molecular weight excluding hydrogens is 378 g/mol. The van der Waals surface area contributed by atoms with Crippen LogP contribution in [-0.2, 0) is 6.42 Å². The van der Waals surface area contributed by atoms with E-state index in [4.69, 9.17) is 4.42 Å². The molecule has 3 aliphatic rings. The molecule has 2 heterocycles. The van der Waals surface area contributed by atoms with Crippen molar-refractivity contribution in [2.45, 2.75) is 38.6 Å². The van der Waals surface area contributed by atoms with Crippen molar-refractivity contribution in [3.63, 3.8) is 0 Å². The molecule has 7 rings (SSSR count). The molecule has 0 spiro atoms. The van der Waals surface area contributed by atoms with Gasteiger partial charge in [0.15, 0.2) is 5.58 Å². The summed E-state index contributed by atoms with van der Waals surface area (Å²) in [5.41, 5.74) is 8.01. The molecule has 2 aromatic heterocycles. The molecule has 2 atom stereocenters. The fourth-order valence-electron chi connectivity index (χ4n) is 6.01. The summed E-state index contributed by atoms with van der Waals surface area (Å²) in [5.74, 6) is 1.61. The van der Waals surface area contributed by atoms with Crippen molar-refractivity contribution in [2.75, 3.05) is 0 Å². The zero-order valence-electron chi connectivity index (χ0n) is 17.8.